The van der Waals surface area contributed by atoms with E-state index in [0.717, 1.165) is 11.3 Å². The average molecular weight is 363 g/mol. The fourth-order valence-electron chi connectivity index (χ4n) is 2.91. The zero-order valence-corrected chi connectivity index (χ0v) is 15.3. The molecule has 1 heterocycles. The first kappa shape index (κ1) is 18.4. The number of carbonyl (C=O) groups excluding carboxylic acids is 2. The number of benzene rings is 2. The van der Waals surface area contributed by atoms with Gasteiger partial charge in [-0.15, -0.1) is 0 Å². The van der Waals surface area contributed by atoms with Gasteiger partial charge in [-0.1, -0.05) is 43.3 Å². The van der Waals surface area contributed by atoms with Crippen molar-refractivity contribution in [3.63, 3.8) is 0 Å². The molecule has 0 radical (unpaired) electrons. The van der Waals surface area contributed by atoms with Crippen molar-refractivity contribution >= 4 is 17.6 Å². The van der Waals surface area contributed by atoms with E-state index in [2.05, 4.69) is 10.4 Å². The summed E-state index contributed by atoms with van der Waals surface area (Å²) < 4.78 is 6.55. The first-order chi connectivity index (χ1) is 13.1. The van der Waals surface area contributed by atoms with Crippen molar-refractivity contribution in [3.05, 3.63) is 83.2 Å². The van der Waals surface area contributed by atoms with E-state index in [4.69, 9.17) is 4.74 Å². The lowest BCUT2D eigenvalue weighted by Crippen LogP contribution is -2.15. The molecule has 138 valence electrons. The van der Waals surface area contributed by atoms with Gasteiger partial charge in [0, 0.05) is 5.69 Å². The minimum Gasteiger partial charge on any atom is -0.465 e. The summed E-state index contributed by atoms with van der Waals surface area (Å²) in [5.41, 5.74) is 3.41. The van der Waals surface area contributed by atoms with Gasteiger partial charge in [0.05, 0.1) is 36.7 Å². The summed E-state index contributed by atoms with van der Waals surface area (Å²) >= 11 is 0. The maximum absolute atomic E-state index is 12.7. The molecule has 0 saturated heterocycles. The zero-order chi connectivity index (χ0) is 19.2. The van der Waals surface area contributed by atoms with Gasteiger partial charge in [-0.2, -0.15) is 5.10 Å². The minimum atomic E-state index is -0.448. The van der Waals surface area contributed by atoms with E-state index in [1.54, 1.807) is 30.5 Å². The molecular formula is C21H21N3O3. The van der Waals surface area contributed by atoms with E-state index in [-0.39, 0.29) is 5.91 Å². The number of methoxy groups -OCH3 is 1. The molecule has 27 heavy (non-hydrogen) atoms. The highest BCUT2D eigenvalue weighted by Crippen LogP contribution is 2.16. The molecule has 0 saturated carbocycles. The third-order valence-electron chi connectivity index (χ3n) is 4.24. The smallest absolute Gasteiger partial charge is 0.337 e. The van der Waals surface area contributed by atoms with Crippen LogP contribution in [0.4, 0.5) is 5.69 Å². The van der Waals surface area contributed by atoms with Gasteiger partial charge >= 0.3 is 5.97 Å². The van der Waals surface area contributed by atoms with Crippen LogP contribution >= 0.6 is 0 Å². The summed E-state index contributed by atoms with van der Waals surface area (Å²) in [6.07, 6.45) is 2.26. The number of ether oxygens (including phenoxy) is 1. The van der Waals surface area contributed by atoms with Gasteiger partial charge < -0.3 is 10.1 Å². The Morgan fingerprint density at radius 3 is 2.59 bits per heavy atom. The molecule has 0 unspecified atom stereocenters. The van der Waals surface area contributed by atoms with Gasteiger partial charge in [0.25, 0.3) is 5.91 Å². The van der Waals surface area contributed by atoms with Gasteiger partial charge in [0.15, 0.2) is 0 Å². The van der Waals surface area contributed by atoms with Crippen LogP contribution in [0, 0.1) is 0 Å². The van der Waals surface area contributed by atoms with Crippen molar-refractivity contribution in [3.8, 4) is 0 Å². The number of nitrogens with one attached hydrogen (secondary N) is 1. The molecule has 1 N–H and O–H groups in total. The van der Waals surface area contributed by atoms with Crippen LogP contribution in [0.1, 0.15) is 38.9 Å². The monoisotopic (exact) mass is 363 g/mol. The number of hydrogen-bond acceptors (Lipinski definition) is 4. The minimum absolute atomic E-state index is 0.256. The summed E-state index contributed by atoms with van der Waals surface area (Å²) in [6, 6.07) is 16.6. The molecule has 0 fully saturated rings. The van der Waals surface area contributed by atoms with Crippen molar-refractivity contribution in [1.82, 2.24) is 9.78 Å². The number of esters is 1. The van der Waals surface area contributed by atoms with Crippen LogP contribution in [0.25, 0.3) is 0 Å². The SMILES string of the molecule is CCc1c(C(=O)Nc2cccc(C(=O)OC)c2)cnn1Cc1ccccc1. The highest BCUT2D eigenvalue weighted by molar-refractivity contribution is 6.05. The fourth-order valence-corrected chi connectivity index (χ4v) is 2.91. The maximum atomic E-state index is 12.7. The first-order valence-corrected chi connectivity index (χ1v) is 8.70. The molecule has 0 atom stereocenters. The molecule has 0 aliphatic rings. The molecule has 0 aliphatic carbocycles. The summed E-state index contributed by atoms with van der Waals surface area (Å²) in [4.78, 5) is 24.4. The lowest BCUT2D eigenvalue weighted by molar-refractivity contribution is 0.0600. The van der Waals surface area contributed by atoms with E-state index in [9.17, 15) is 9.59 Å². The third-order valence-corrected chi connectivity index (χ3v) is 4.24. The maximum Gasteiger partial charge on any atom is 0.337 e. The Morgan fingerprint density at radius 2 is 1.89 bits per heavy atom. The topological polar surface area (TPSA) is 73.2 Å². The Balaban J connectivity index is 1.80. The normalized spacial score (nSPS) is 10.4. The van der Waals surface area contributed by atoms with Crippen LogP contribution in [0.15, 0.2) is 60.8 Å². The molecule has 3 rings (SSSR count). The standard InChI is InChI=1S/C21H21N3O3/c1-3-19-18(13-22-24(19)14-15-8-5-4-6-9-15)20(25)23-17-11-7-10-16(12-17)21(26)27-2/h4-13H,3,14H2,1-2H3,(H,23,25). The van der Waals surface area contributed by atoms with Crippen LogP contribution < -0.4 is 5.32 Å². The molecule has 2 aromatic carbocycles. The predicted molar refractivity (Wildman–Crippen MR) is 103 cm³/mol. The van der Waals surface area contributed by atoms with Crippen LogP contribution in [-0.4, -0.2) is 28.8 Å². The Bertz CT molecular complexity index is 948. The predicted octanol–water partition coefficient (Wildman–Crippen LogP) is 3.53. The average Bonchev–Trinajstić information content (AvgIpc) is 3.11. The van der Waals surface area contributed by atoms with Gasteiger partial charge in [-0.25, -0.2) is 4.79 Å². The van der Waals surface area contributed by atoms with Crippen molar-refractivity contribution < 1.29 is 14.3 Å². The van der Waals surface area contributed by atoms with Crippen LogP contribution in [-0.2, 0) is 17.7 Å². The number of carbonyl (C=O) groups is 2. The Morgan fingerprint density at radius 1 is 1.11 bits per heavy atom. The molecule has 0 bridgehead atoms. The lowest BCUT2D eigenvalue weighted by Gasteiger charge is -2.09. The van der Waals surface area contributed by atoms with E-state index >= 15 is 0 Å². The number of nitrogens with zero attached hydrogens (tertiary/aromatic N) is 2. The summed E-state index contributed by atoms with van der Waals surface area (Å²) in [6.45, 7) is 2.60. The number of anilines is 1. The van der Waals surface area contributed by atoms with Crippen LogP contribution in [0.5, 0.6) is 0 Å². The second-order valence-electron chi connectivity index (χ2n) is 6.03. The highest BCUT2D eigenvalue weighted by Gasteiger charge is 2.17. The van der Waals surface area contributed by atoms with Gasteiger partial charge in [-0.05, 0) is 30.2 Å². The van der Waals surface area contributed by atoms with Gasteiger partial charge in [0.1, 0.15) is 0 Å². The van der Waals surface area contributed by atoms with Crippen LogP contribution in [0.2, 0.25) is 0 Å². The highest BCUT2D eigenvalue weighted by atomic mass is 16.5. The molecule has 6 nitrogen and oxygen atoms in total. The van der Waals surface area contributed by atoms with E-state index in [1.165, 1.54) is 7.11 Å². The Kier molecular flexibility index (Phi) is 5.66. The quantitative estimate of drug-likeness (QED) is 0.680. The number of amides is 1. The van der Waals surface area contributed by atoms with Crippen molar-refractivity contribution in [1.29, 1.82) is 0 Å². The van der Waals surface area contributed by atoms with Crippen molar-refractivity contribution in [2.45, 2.75) is 19.9 Å². The molecular weight excluding hydrogens is 342 g/mol. The van der Waals surface area contributed by atoms with E-state index in [0.29, 0.717) is 29.8 Å². The second kappa shape index (κ2) is 8.31. The lowest BCUT2D eigenvalue weighted by atomic mass is 10.1. The second-order valence-corrected chi connectivity index (χ2v) is 6.03. The van der Waals surface area contributed by atoms with Gasteiger partial charge in [-0.3, -0.25) is 9.48 Å². The molecule has 6 heteroatoms. The van der Waals surface area contributed by atoms with E-state index < -0.39 is 5.97 Å². The summed E-state index contributed by atoms with van der Waals surface area (Å²) in [5, 5.41) is 7.22. The number of hydrogen-bond donors (Lipinski definition) is 1. The number of rotatable bonds is 6. The fraction of sp³-hybridized carbons (Fsp3) is 0.190. The third kappa shape index (κ3) is 4.23. The van der Waals surface area contributed by atoms with E-state index in [1.807, 2.05) is 41.9 Å². The number of aromatic nitrogens is 2. The summed E-state index contributed by atoms with van der Waals surface area (Å²) in [7, 11) is 1.32. The van der Waals surface area contributed by atoms with Crippen molar-refractivity contribution in [2.24, 2.45) is 0 Å². The molecule has 3 aromatic rings. The van der Waals surface area contributed by atoms with Crippen LogP contribution in [0.3, 0.4) is 0 Å². The molecule has 1 aromatic heterocycles. The first-order valence-electron chi connectivity index (χ1n) is 8.70. The molecule has 0 spiro atoms. The van der Waals surface area contributed by atoms with Gasteiger partial charge in [0.2, 0.25) is 0 Å². The van der Waals surface area contributed by atoms with Crippen molar-refractivity contribution in [2.75, 3.05) is 12.4 Å². The largest absolute Gasteiger partial charge is 0.465 e. The molecule has 1 amide bonds. The molecule has 0 aliphatic heterocycles. The Hall–Kier alpha value is -3.41. The summed E-state index contributed by atoms with van der Waals surface area (Å²) in [5.74, 6) is -0.704. The Labute approximate surface area is 157 Å². The zero-order valence-electron chi connectivity index (χ0n) is 15.3.